The van der Waals surface area contributed by atoms with Crippen LogP contribution in [0.4, 0.5) is 11.4 Å². The van der Waals surface area contributed by atoms with Gasteiger partial charge in [0.05, 0.1) is 11.4 Å². The Kier molecular flexibility index (Phi) is 7.98. The van der Waals surface area contributed by atoms with E-state index in [0.29, 0.717) is 0 Å². The molecule has 2 rings (SSSR count). The summed E-state index contributed by atoms with van der Waals surface area (Å²) in [7, 11) is 0. The molecule has 2 aromatic rings. The van der Waals surface area contributed by atoms with Crippen LogP contribution in [-0.2, 0) is 0 Å². The molecule has 6 nitrogen and oxygen atoms in total. The Balaban J connectivity index is 0.000000322. The highest BCUT2D eigenvalue weighted by Crippen LogP contribution is 2.23. The third kappa shape index (κ3) is 7.41. The average Bonchev–Trinajstić information content (AvgIpc) is 2.41. The molecule has 0 radical (unpaired) electrons. The smallest absolute Gasteiger partial charge is 0.138 e. The van der Waals surface area contributed by atoms with Crippen molar-refractivity contribution in [2.24, 2.45) is 0 Å². The Morgan fingerprint density at radius 3 is 1.19 bits per heavy atom. The predicted octanol–water partition coefficient (Wildman–Crippen LogP) is 2.78. The maximum Gasteiger partial charge on any atom is 0.138 e. The van der Waals surface area contributed by atoms with Gasteiger partial charge in [-0.15, -0.1) is 0 Å². The summed E-state index contributed by atoms with van der Waals surface area (Å²) >= 11 is 0. The molecule has 0 aliphatic rings. The van der Waals surface area contributed by atoms with Gasteiger partial charge in [0, 0.05) is 12.1 Å². The number of phenolic OH excluding ortho intramolecular Hbond substituents is 4. The van der Waals surface area contributed by atoms with Gasteiger partial charge in [-0.25, -0.2) is 0 Å². The topological polar surface area (TPSA) is 133 Å². The lowest BCUT2D eigenvalue weighted by Crippen LogP contribution is -1.83. The first-order valence-corrected chi connectivity index (χ1v) is 6.36. The molecule has 0 aromatic heterocycles. The van der Waals surface area contributed by atoms with Crippen molar-refractivity contribution in [3.05, 3.63) is 36.4 Å². The lowest BCUT2D eigenvalue weighted by atomic mass is 10.3. The number of nitrogens with two attached hydrogens (primary N) is 2. The lowest BCUT2D eigenvalue weighted by molar-refractivity contribution is 0.462. The second kappa shape index (κ2) is 9.19. The molecule has 0 heterocycles. The minimum atomic E-state index is -0.00667. The van der Waals surface area contributed by atoms with E-state index in [1.165, 1.54) is 42.8 Å². The highest BCUT2D eigenvalue weighted by atomic mass is 16.3. The summed E-state index contributed by atoms with van der Waals surface area (Å²) in [6.07, 6.45) is 1.25. The standard InChI is InChI=1S/2C6H7NO2.C3H8/c2*7-5-3-4(8)1-2-6(5)9;1-3-2/h2*1-3,8-9H,7H2;3H2,1-2H3. The molecule has 0 saturated carbocycles. The number of rotatable bonds is 0. The van der Waals surface area contributed by atoms with Gasteiger partial charge in [-0.05, 0) is 24.3 Å². The Labute approximate surface area is 123 Å². The van der Waals surface area contributed by atoms with Gasteiger partial charge in [-0.2, -0.15) is 0 Å². The molecule has 0 atom stereocenters. The van der Waals surface area contributed by atoms with Crippen molar-refractivity contribution >= 4 is 11.4 Å². The van der Waals surface area contributed by atoms with Gasteiger partial charge in [-0.3, -0.25) is 0 Å². The van der Waals surface area contributed by atoms with Crippen LogP contribution in [0.2, 0.25) is 0 Å². The van der Waals surface area contributed by atoms with E-state index in [-0.39, 0.29) is 34.4 Å². The molecule has 0 amide bonds. The van der Waals surface area contributed by atoms with E-state index in [2.05, 4.69) is 13.8 Å². The number of aromatic hydroxyl groups is 4. The van der Waals surface area contributed by atoms with Crippen molar-refractivity contribution in [2.75, 3.05) is 11.5 Å². The van der Waals surface area contributed by atoms with Crippen LogP contribution in [0.5, 0.6) is 23.0 Å². The van der Waals surface area contributed by atoms with Gasteiger partial charge in [0.1, 0.15) is 23.0 Å². The van der Waals surface area contributed by atoms with E-state index in [0.717, 1.165) is 0 Å². The molecule has 116 valence electrons. The van der Waals surface area contributed by atoms with Crippen molar-refractivity contribution in [3.63, 3.8) is 0 Å². The fourth-order valence-electron chi connectivity index (χ4n) is 1.08. The third-order valence-corrected chi connectivity index (χ3v) is 2.02. The Hall–Kier alpha value is -2.76. The molecule has 0 fully saturated rings. The maximum atomic E-state index is 8.81. The van der Waals surface area contributed by atoms with Crippen LogP contribution >= 0.6 is 0 Å². The van der Waals surface area contributed by atoms with Gasteiger partial charge in [0.15, 0.2) is 0 Å². The molecule has 0 unspecified atom stereocenters. The quantitative estimate of drug-likeness (QED) is 0.251. The molecule has 0 aliphatic heterocycles. The largest absolute Gasteiger partial charge is 0.508 e. The summed E-state index contributed by atoms with van der Waals surface area (Å²) in [5.74, 6) is 0.108. The second-order valence-corrected chi connectivity index (χ2v) is 4.19. The first-order valence-electron chi connectivity index (χ1n) is 6.36. The van der Waals surface area contributed by atoms with E-state index in [1.54, 1.807) is 0 Å². The van der Waals surface area contributed by atoms with Gasteiger partial charge in [-0.1, -0.05) is 20.3 Å². The van der Waals surface area contributed by atoms with Crippen LogP contribution in [0.1, 0.15) is 20.3 Å². The van der Waals surface area contributed by atoms with Gasteiger partial charge in [0.25, 0.3) is 0 Å². The summed E-state index contributed by atoms with van der Waals surface area (Å²) in [5.41, 5.74) is 10.8. The zero-order valence-corrected chi connectivity index (χ0v) is 12.1. The Morgan fingerprint density at radius 1 is 0.714 bits per heavy atom. The SMILES string of the molecule is CCC.Nc1cc(O)ccc1O.Nc1cc(O)ccc1O. The lowest BCUT2D eigenvalue weighted by Gasteiger charge is -1.96. The molecule has 0 aliphatic carbocycles. The number of hydrogen-bond donors (Lipinski definition) is 6. The van der Waals surface area contributed by atoms with Crippen LogP contribution in [0.3, 0.4) is 0 Å². The third-order valence-electron chi connectivity index (χ3n) is 2.02. The zero-order valence-electron chi connectivity index (χ0n) is 12.1. The first kappa shape index (κ1) is 18.2. The first-order chi connectivity index (χ1) is 9.81. The molecule has 0 spiro atoms. The molecule has 2 aromatic carbocycles. The molecule has 21 heavy (non-hydrogen) atoms. The molecular formula is C15H22N2O4. The minimum absolute atomic E-state index is 0.00667. The van der Waals surface area contributed by atoms with E-state index in [1.807, 2.05) is 0 Å². The Bertz CT molecular complexity index is 510. The van der Waals surface area contributed by atoms with Crippen LogP contribution < -0.4 is 11.5 Å². The second-order valence-electron chi connectivity index (χ2n) is 4.19. The van der Waals surface area contributed by atoms with Crippen LogP contribution in [0.25, 0.3) is 0 Å². The monoisotopic (exact) mass is 294 g/mol. The molecule has 0 saturated heterocycles. The van der Waals surface area contributed by atoms with Gasteiger partial charge < -0.3 is 31.9 Å². The van der Waals surface area contributed by atoms with Crippen LogP contribution in [0, 0.1) is 0 Å². The average molecular weight is 294 g/mol. The fraction of sp³-hybridized carbons (Fsp3) is 0.200. The number of phenols is 4. The van der Waals surface area contributed by atoms with E-state index < -0.39 is 0 Å². The zero-order chi connectivity index (χ0) is 16.4. The Morgan fingerprint density at radius 2 is 1.00 bits per heavy atom. The van der Waals surface area contributed by atoms with Crippen molar-refractivity contribution in [1.29, 1.82) is 0 Å². The highest BCUT2D eigenvalue weighted by Gasteiger charge is 1.95. The van der Waals surface area contributed by atoms with Crippen molar-refractivity contribution in [1.82, 2.24) is 0 Å². The van der Waals surface area contributed by atoms with Crippen LogP contribution in [0.15, 0.2) is 36.4 Å². The van der Waals surface area contributed by atoms with E-state index in [9.17, 15) is 0 Å². The summed E-state index contributed by atoms with van der Waals surface area (Å²) in [5, 5.41) is 35.1. The summed E-state index contributed by atoms with van der Waals surface area (Å²) < 4.78 is 0. The molecule has 0 bridgehead atoms. The normalized spacial score (nSPS) is 8.86. The summed E-state index contributed by atoms with van der Waals surface area (Å²) in [6.45, 7) is 4.25. The summed E-state index contributed by atoms with van der Waals surface area (Å²) in [4.78, 5) is 0. The minimum Gasteiger partial charge on any atom is -0.508 e. The predicted molar refractivity (Wildman–Crippen MR) is 84.3 cm³/mol. The van der Waals surface area contributed by atoms with Gasteiger partial charge >= 0.3 is 0 Å². The van der Waals surface area contributed by atoms with Crippen LogP contribution in [-0.4, -0.2) is 20.4 Å². The van der Waals surface area contributed by atoms with Crippen molar-refractivity contribution in [2.45, 2.75) is 20.3 Å². The number of anilines is 2. The summed E-state index contributed by atoms with van der Waals surface area (Å²) in [6, 6.07) is 7.98. The highest BCUT2D eigenvalue weighted by molar-refractivity contribution is 5.55. The van der Waals surface area contributed by atoms with Crippen molar-refractivity contribution in [3.8, 4) is 23.0 Å². The number of nitrogen functional groups attached to an aromatic ring is 2. The maximum absolute atomic E-state index is 8.81. The molecular weight excluding hydrogens is 272 g/mol. The molecule has 6 heteroatoms. The molecule has 8 N–H and O–H groups in total. The van der Waals surface area contributed by atoms with Crippen molar-refractivity contribution < 1.29 is 20.4 Å². The van der Waals surface area contributed by atoms with Gasteiger partial charge in [0.2, 0.25) is 0 Å². The van der Waals surface area contributed by atoms with E-state index in [4.69, 9.17) is 31.9 Å². The number of benzene rings is 2. The number of hydrogen-bond acceptors (Lipinski definition) is 6. The fourth-order valence-corrected chi connectivity index (χ4v) is 1.08. The van der Waals surface area contributed by atoms with E-state index >= 15 is 0 Å².